The predicted molar refractivity (Wildman–Crippen MR) is 65.3 cm³/mol. The Labute approximate surface area is 95.9 Å². The van der Waals surface area contributed by atoms with Gasteiger partial charge in [0.25, 0.3) is 0 Å². The lowest BCUT2D eigenvalue weighted by molar-refractivity contribution is 0.324. The van der Waals surface area contributed by atoms with E-state index in [-0.39, 0.29) is 0 Å². The molecule has 3 heteroatoms. The largest absolute Gasteiger partial charge is 0.330 e. The Bertz CT molecular complexity index is 313. The molecule has 0 bridgehead atoms. The van der Waals surface area contributed by atoms with Gasteiger partial charge in [-0.3, -0.25) is 0 Å². The highest BCUT2D eigenvalue weighted by Gasteiger charge is 2.30. The van der Waals surface area contributed by atoms with Gasteiger partial charge < -0.3 is 5.73 Å². The Morgan fingerprint density at radius 1 is 1.40 bits per heavy atom. The van der Waals surface area contributed by atoms with Crippen molar-refractivity contribution >= 4 is 11.3 Å². The molecule has 0 amide bonds. The van der Waals surface area contributed by atoms with E-state index in [1.54, 1.807) is 0 Å². The number of nitrogens with zero attached hydrogens (tertiary/aromatic N) is 1. The van der Waals surface area contributed by atoms with Gasteiger partial charge in [0.05, 0.1) is 5.01 Å². The zero-order valence-corrected chi connectivity index (χ0v) is 10.3. The molecule has 2 N–H and O–H groups in total. The van der Waals surface area contributed by atoms with Crippen molar-refractivity contribution in [1.82, 2.24) is 4.98 Å². The fourth-order valence-electron chi connectivity index (χ4n) is 2.41. The molecular weight excluding hydrogens is 204 g/mol. The van der Waals surface area contributed by atoms with E-state index >= 15 is 0 Å². The van der Waals surface area contributed by atoms with Crippen LogP contribution in [-0.4, -0.2) is 11.5 Å². The van der Waals surface area contributed by atoms with Gasteiger partial charge >= 0.3 is 0 Å². The third kappa shape index (κ3) is 2.40. The van der Waals surface area contributed by atoms with Crippen LogP contribution in [0.15, 0.2) is 6.20 Å². The molecule has 1 aromatic heterocycles. The second kappa shape index (κ2) is 4.62. The van der Waals surface area contributed by atoms with Crippen molar-refractivity contribution in [1.29, 1.82) is 0 Å². The van der Waals surface area contributed by atoms with Crippen molar-refractivity contribution in [2.45, 2.75) is 50.9 Å². The first-order valence-electron chi connectivity index (χ1n) is 5.90. The summed E-state index contributed by atoms with van der Waals surface area (Å²) < 4.78 is 0. The third-order valence-corrected chi connectivity index (χ3v) is 4.83. The zero-order chi connectivity index (χ0) is 10.7. The molecule has 1 heterocycles. The lowest BCUT2D eigenvalue weighted by Gasteiger charge is -2.32. The van der Waals surface area contributed by atoms with Gasteiger partial charge in [-0.15, -0.1) is 11.3 Å². The van der Waals surface area contributed by atoms with Crippen LogP contribution in [-0.2, 0) is 11.8 Å². The van der Waals surface area contributed by atoms with Crippen LogP contribution in [0.3, 0.4) is 0 Å². The maximum atomic E-state index is 5.55. The van der Waals surface area contributed by atoms with E-state index in [4.69, 9.17) is 5.73 Å². The molecule has 0 atom stereocenters. The summed E-state index contributed by atoms with van der Waals surface area (Å²) in [6.45, 7) is 3.11. The maximum absolute atomic E-state index is 5.55. The number of nitrogens with two attached hydrogens (primary N) is 1. The molecule has 0 aliphatic heterocycles. The second-order valence-corrected chi connectivity index (χ2v) is 5.89. The quantitative estimate of drug-likeness (QED) is 0.857. The number of aromatic nitrogens is 1. The zero-order valence-electron chi connectivity index (χ0n) is 9.46. The van der Waals surface area contributed by atoms with Crippen LogP contribution >= 0.6 is 11.3 Å². The minimum atomic E-state index is 0.406. The monoisotopic (exact) mass is 224 g/mol. The molecule has 1 fully saturated rings. The Morgan fingerprint density at radius 2 is 2.13 bits per heavy atom. The normalized spacial score (nSPS) is 20.4. The first-order chi connectivity index (χ1) is 7.24. The van der Waals surface area contributed by atoms with Gasteiger partial charge in [0.1, 0.15) is 0 Å². The van der Waals surface area contributed by atoms with Crippen LogP contribution in [0, 0.1) is 0 Å². The molecule has 84 valence electrons. The molecule has 1 aliphatic rings. The van der Waals surface area contributed by atoms with E-state index in [0.29, 0.717) is 12.0 Å². The molecular formula is C12H20N2S. The highest BCUT2D eigenvalue weighted by Crippen LogP contribution is 2.41. The molecule has 0 unspecified atom stereocenters. The minimum Gasteiger partial charge on any atom is -0.330 e. The van der Waals surface area contributed by atoms with E-state index in [9.17, 15) is 0 Å². The van der Waals surface area contributed by atoms with Gasteiger partial charge in [0.2, 0.25) is 0 Å². The van der Waals surface area contributed by atoms with E-state index in [2.05, 4.69) is 18.1 Å². The number of rotatable bonds is 3. The van der Waals surface area contributed by atoms with Gasteiger partial charge in [-0.05, 0) is 19.4 Å². The average Bonchev–Trinajstić information content (AvgIpc) is 2.69. The molecule has 1 aromatic rings. The molecule has 0 spiro atoms. The fourth-order valence-corrected chi connectivity index (χ4v) is 3.54. The van der Waals surface area contributed by atoms with Crippen molar-refractivity contribution in [3.05, 3.63) is 16.1 Å². The summed E-state index contributed by atoms with van der Waals surface area (Å²) in [5, 5.41) is 1.21. The third-order valence-electron chi connectivity index (χ3n) is 3.46. The molecule has 1 aliphatic carbocycles. The lowest BCUT2D eigenvalue weighted by Crippen LogP contribution is -2.23. The fraction of sp³-hybridized carbons (Fsp3) is 0.750. The first-order valence-corrected chi connectivity index (χ1v) is 6.71. The Morgan fingerprint density at radius 3 is 2.80 bits per heavy atom. The highest BCUT2D eigenvalue weighted by molar-refractivity contribution is 7.11. The molecule has 0 radical (unpaired) electrons. The SMILES string of the molecule is CC1(c2cnc(CCN)s2)CCCCC1. The Kier molecular flexibility index (Phi) is 3.42. The van der Waals surface area contributed by atoms with Crippen molar-refractivity contribution in [3.8, 4) is 0 Å². The van der Waals surface area contributed by atoms with Gasteiger partial charge in [-0.1, -0.05) is 26.2 Å². The van der Waals surface area contributed by atoms with Crippen molar-refractivity contribution in [3.63, 3.8) is 0 Å². The minimum absolute atomic E-state index is 0.406. The van der Waals surface area contributed by atoms with Crippen LogP contribution in [0.5, 0.6) is 0 Å². The molecule has 0 saturated heterocycles. The lowest BCUT2D eigenvalue weighted by atomic mass is 9.75. The van der Waals surface area contributed by atoms with Gasteiger partial charge in [0.15, 0.2) is 0 Å². The van der Waals surface area contributed by atoms with E-state index < -0.39 is 0 Å². The number of hydrogen-bond donors (Lipinski definition) is 1. The van der Waals surface area contributed by atoms with E-state index in [1.807, 2.05) is 11.3 Å². The number of thiazole rings is 1. The van der Waals surface area contributed by atoms with Crippen LogP contribution in [0.4, 0.5) is 0 Å². The summed E-state index contributed by atoms with van der Waals surface area (Å²) in [4.78, 5) is 5.94. The topological polar surface area (TPSA) is 38.9 Å². The average molecular weight is 224 g/mol. The molecule has 1 saturated carbocycles. The standard InChI is InChI=1S/C12H20N2S/c1-12(6-3-2-4-7-12)10-9-14-11(15-10)5-8-13/h9H,2-8,13H2,1H3. The predicted octanol–water partition coefficient (Wildman–Crippen LogP) is 2.87. The maximum Gasteiger partial charge on any atom is 0.0940 e. The molecule has 2 nitrogen and oxygen atoms in total. The Hall–Kier alpha value is -0.410. The van der Waals surface area contributed by atoms with E-state index in [1.165, 1.54) is 42.0 Å². The molecule has 0 aromatic carbocycles. The van der Waals surface area contributed by atoms with Crippen molar-refractivity contribution < 1.29 is 0 Å². The smallest absolute Gasteiger partial charge is 0.0940 e. The van der Waals surface area contributed by atoms with Gasteiger partial charge in [-0.2, -0.15) is 0 Å². The van der Waals surface area contributed by atoms with Crippen molar-refractivity contribution in [2.75, 3.05) is 6.54 Å². The Balaban J connectivity index is 2.12. The molecule has 2 rings (SSSR count). The van der Waals surface area contributed by atoms with Crippen LogP contribution in [0.1, 0.15) is 48.9 Å². The molecule has 15 heavy (non-hydrogen) atoms. The van der Waals surface area contributed by atoms with Crippen molar-refractivity contribution in [2.24, 2.45) is 5.73 Å². The van der Waals surface area contributed by atoms with E-state index in [0.717, 1.165) is 6.42 Å². The van der Waals surface area contributed by atoms with Crippen LogP contribution in [0.2, 0.25) is 0 Å². The second-order valence-electron chi connectivity index (χ2n) is 4.78. The van der Waals surface area contributed by atoms with Gasteiger partial charge in [-0.25, -0.2) is 4.98 Å². The van der Waals surface area contributed by atoms with Crippen LogP contribution in [0.25, 0.3) is 0 Å². The summed E-state index contributed by atoms with van der Waals surface area (Å²) in [5.41, 5.74) is 5.95. The summed E-state index contributed by atoms with van der Waals surface area (Å²) >= 11 is 1.87. The summed E-state index contributed by atoms with van der Waals surface area (Å²) in [7, 11) is 0. The highest BCUT2D eigenvalue weighted by atomic mass is 32.1. The first kappa shape index (κ1) is 11.1. The summed E-state index contributed by atoms with van der Waals surface area (Å²) in [6, 6.07) is 0. The number of hydrogen-bond acceptors (Lipinski definition) is 3. The van der Waals surface area contributed by atoms with Gasteiger partial charge in [0, 0.05) is 22.9 Å². The summed E-state index contributed by atoms with van der Waals surface area (Å²) in [6.07, 6.45) is 9.83. The van der Waals surface area contributed by atoms with Crippen LogP contribution < -0.4 is 5.73 Å². The summed E-state index contributed by atoms with van der Waals surface area (Å²) in [5.74, 6) is 0.